The number of nitrogens with one attached hydrogen (secondary N) is 1. The molecule has 0 heterocycles. The molecule has 3 atom stereocenters. The van der Waals surface area contributed by atoms with Crippen LogP contribution < -0.4 is 5.32 Å². The van der Waals surface area contributed by atoms with Crippen molar-refractivity contribution in [1.82, 2.24) is 5.32 Å². The average Bonchev–Trinajstić information content (AvgIpc) is 3.30. The van der Waals surface area contributed by atoms with Gasteiger partial charge in [-0.25, -0.2) is 4.57 Å². The highest BCUT2D eigenvalue weighted by Crippen LogP contribution is 2.43. The number of carbonyl (C=O) groups is 1. The third kappa shape index (κ3) is 52.5. The highest BCUT2D eigenvalue weighted by Gasteiger charge is 2.27. The van der Waals surface area contributed by atoms with E-state index in [0.717, 1.165) is 38.5 Å². The lowest BCUT2D eigenvalue weighted by Gasteiger charge is -2.25. The van der Waals surface area contributed by atoms with Gasteiger partial charge in [0, 0.05) is 6.42 Å². The third-order valence-corrected chi connectivity index (χ3v) is 14.3. The molecule has 0 aromatic carbocycles. The maximum absolute atomic E-state index is 13.0. The zero-order chi connectivity index (χ0) is 49.9. The summed E-state index contributed by atoms with van der Waals surface area (Å²) in [6, 6.07) is -0.862. The second kappa shape index (κ2) is 50.7. The minimum absolute atomic E-state index is 0.0575. The van der Waals surface area contributed by atoms with Gasteiger partial charge in [0.15, 0.2) is 0 Å². The zero-order valence-corrected chi connectivity index (χ0v) is 46.8. The molecule has 0 spiro atoms. The molecule has 68 heavy (non-hydrogen) atoms. The number of aliphatic hydroxyl groups is 1. The Morgan fingerprint density at radius 1 is 0.485 bits per heavy atom. The number of hydrogen-bond acceptors (Lipinski definition) is 5. The molecule has 3 N–H and O–H groups in total. The van der Waals surface area contributed by atoms with E-state index in [1.165, 1.54) is 225 Å². The molecular formula is C59H116N2O6P+. The maximum Gasteiger partial charge on any atom is 0.472 e. The molecule has 0 aliphatic heterocycles. The van der Waals surface area contributed by atoms with Crippen LogP contribution in [0.2, 0.25) is 0 Å². The summed E-state index contributed by atoms with van der Waals surface area (Å²) in [5, 5.41) is 13.9. The molecule has 0 fully saturated rings. The molecule has 1 amide bonds. The Bertz CT molecular complexity index is 1200. The predicted octanol–water partition coefficient (Wildman–Crippen LogP) is 17.8. The van der Waals surface area contributed by atoms with E-state index in [1.807, 2.05) is 27.2 Å². The molecule has 0 radical (unpaired) electrons. The summed E-state index contributed by atoms with van der Waals surface area (Å²) in [4.78, 5) is 23.3. The van der Waals surface area contributed by atoms with Gasteiger partial charge in [-0.1, -0.05) is 256 Å². The number of amides is 1. The van der Waals surface area contributed by atoms with E-state index in [-0.39, 0.29) is 19.1 Å². The second-order valence-electron chi connectivity index (χ2n) is 21.4. The average molecular weight is 981 g/mol. The molecule has 3 unspecified atom stereocenters. The van der Waals surface area contributed by atoms with Gasteiger partial charge in [-0.3, -0.25) is 13.8 Å². The summed E-state index contributed by atoms with van der Waals surface area (Å²) in [7, 11) is 1.56. The zero-order valence-electron chi connectivity index (χ0n) is 45.9. The van der Waals surface area contributed by atoms with Crippen molar-refractivity contribution >= 4 is 13.7 Å². The van der Waals surface area contributed by atoms with Crippen LogP contribution in [0.3, 0.4) is 0 Å². The number of quaternary nitrogens is 1. The molecular weight excluding hydrogens is 864 g/mol. The van der Waals surface area contributed by atoms with Gasteiger partial charge in [0.25, 0.3) is 0 Å². The van der Waals surface area contributed by atoms with Gasteiger partial charge in [0.1, 0.15) is 13.2 Å². The number of hydrogen-bond donors (Lipinski definition) is 3. The molecule has 0 bridgehead atoms. The molecule has 8 nitrogen and oxygen atoms in total. The van der Waals surface area contributed by atoms with Gasteiger partial charge in [-0.05, 0) is 57.8 Å². The standard InChI is InChI=1S/C59H115N2O6P/c1-6-8-10-12-14-16-18-20-22-24-25-26-27-28-29-30-31-32-33-34-35-37-39-41-43-45-47-49-51-53-59(63)60-57(56-67-68(64,65)66-55-54-61(3,4)5)58(62)52-50-48-46-44-42-40-38-36-23-21-19-17-15-13-11-9-7-2/h24-25,42,44,50,52,57-58,62H,6-23,26-41,43,45-49,51,53-56H2,1-5H3,(H-,60,63,64,65)/p+1/b25-24-,44-42+,52-50+. The highest BCUT2D eigenvalue weighted by atomic mass is 31.2. The van der Waals surface area contributed by atoms with Crippen molar-refractivity contribution < 1.29 is 32.9 Å². The van der Waals surface area contributed by atoms with Gasteiger partial charge >= 0.3 is 7.82 Å². The van der Waals surface area contributed by atoms with E-state index in [9.17, 15) is 19.4 Å². The van der Waals surface area contributed by atoms with Crippen LogP contribution in [0.15, 0.2) is 36.5 Å². The first-order valence-corrected chi connectivity index (χ1v) is 30.9. The predicted molar refractivity (Wildman–Crippen MR) is 295 cm³/mol. The monoisotopic (exact) mass is 980 g/mol. The largest absolute Gasteiger partial charge is 0.472 e. The van der Waals surface area contributed by atoms with Crippen molar-refractivity contribution in [3.8, 4) is 0 Å². The topological polar surface area (TPSA) is 105 Å². The van der Waals surface area contributed by atoms with Crippen LogP contribution in [0.5, 0.6) is 0 Å². The molecule has 0 aliphatic rings. The number of phosphoric ester groups is 1. The molecule has 402 valence electrons. The van der Waals surface area contributed by atoms with Crippen LogP contribution in [0.25, 0.3) is 0 Å². The van der Waals surface area contributed by atoms with Crippen LogP contribution >= 0.6 is 7.82 Å². The Morgan fingerprint density at radius 2 is 0.809 bits per heavy atom. The summed E-state index contributed by atoms with van der Waals surface area (Å²) in [5.41, 5.74) is 0. The first-order chi connectivity index (χ1) is 33.0. The Hall–Kier alpha value is -1.28. The number of likely N-dealkylation sites (N-methyl/N-ethyl adjacent to an activating group) is 1. The smallest absolute Gasteiger partial charge is 0.387 e. The number of unbranched alkanes of at least 4 members (excludes halogenated alkanes) is 37. The Balaban J connectivity index is 4.13. The number of phosphoric acid groups is 1. The van der Waals surface area contributed by atoms with Crippen LogP contribution in [0.4, 0.5) is 0 Å². The lowest BCUT2D eigenvalue weighted by Crippen LogP contribution is -2.45. The van der Waals surface area contributed by atoms with E-state index in [1.54, 1.807) is 6.08 Å². The number of carbonyl (C=O) groups excluding carboxylic acids is 1. The fraction of sp³-hybridized carbons (Fsp3) is 0.881. The van der Waals surface area contributed by atoms with Crippen molar-refractivity contribution in [2.24, 2.45) is 0 Å². The van der Waals surface area contributed by atoms with Crippen molar-refractivity contribution in [2.45, 2.75) is 296 Å². The minimum atomic E-state index is -4.35. The number of rotatable bonds is 54. The van der Waals surface area contributed by atoms with E-state index < -0.39 is 20.0 Å². The summed E-state index contributed by atoms with van der Waals surface area (Å²) in [6.45, 7) is 4.82. The van der Waals surface area contributed by atoms with Crippen molar-refractivity contribution in [3.05, 3.63) is 36.5 Å². The minimum Gasteiger partial charge on any atom is -0.387 e. The van der Waals surface area contributed by atoms with Gasteiger partial charge < -0.3 is 19.8 Å². The molecule has 0 aromatic rings. The first-order valence-electron chi connectivity index (χ1n) is 29.4. The van der Waals surface area contributed by atoms with Gasteiger partial charge in [-0.2, -0.15) is 0 Å². The quantitative estimate of drug-likeness (QED) is 0.0243. The summed E-state index contributed by atoms with van der Waals surface area (Å²) in [6.07, 6.45) is 65.4. The van der Waals surface area contributed by atoms with E-state index in [2.05, 4.69) is 43.5 Å². The second-order valence-corrected chi connectivity index (χ2v) is 22.8. The Kier molecular flexibility index (Phi) is 49.7. The molecule has 0 aromatic heterocycles. The van der Waals surface area contributed by atoms with Gasteiger partial charge in [0.2, 0.25) is 5.91 Å². The fourth-order valence-corrected chi connectivity index (χ4v) is 9.44. The lowest BCUT2D eigenvalue weighted by molar-refractivity contribution is -0.870. The number of aliphatic hydroxyl groups excluding tert-OH is 1. The summed E-state index contributed by atoms with van der Waals surface area (Å²) >= 11 is 0. The number of allylic oxidation sites excluding steroid dienone is 5. The summed E-state index contributed by atoms with van der Waals surface area (Å²) < 4.78 is 23.7. The van der Waals surface area contributed by atoms with Crippen molar-refractivity contribution in [1.29, 1.82) is 0 Å². The SMILES string of the molecule is CCCCCCCCCC/C=C\CCCCCCCCCCCCCCCCCCCC(=O)NC(COP(=O)(O)OCC[N+](C)(C)C)C(O)/C=C/CC/C=C/CCCCCCCCCCCCC. The molecule has 0 rings (SSSR count). The van der Waals surface area contributed by atoms with Gasteiger partial charge in [0.05, 0.1) is 39.9 Å². The van der Waals surface area contributed by atoms with E-state index in [4.69, 9.17) is 9.05 Å². The molecule has 0 saturated carbocycles. The molecule has 0 aliphatic carbocycles. The highest BCUT2D eigenvalue weighted by molar-refractivity contribution is 7.47. The van der Waals surface area contributed by atoms with Crippen LogP contribution in [0.1, 0.15) is 284 Å². The fourth-order valence-electron chi connectivity index (χ4n) is 8.70. The van der Waals surface area contributed by atoms with Crippen molar-refractivity contribution in [3.63, 3.8) is 0 Å². The third-order valence-electron chi connectivity index (χ3n) is 13.3. The van der Waals surface area contributed by atoms with Crippen LogP contribution in [0, 0.1) is 0 Å². The molecule has 9 heteroatoms. The van der Waals surface area contributed by atoms with E-state index in [0.29, 0.717) is 17.4 Å². The Labute approximate surface area is 423 Å². The maximum atomic E-state index is 13.0. The normalized spacial score (nSPS) is 14.2. The van der Waals surface area contributed by atoms with Crippen molar-refractivity contribution in [2.75, 3.05) is 40.9 Å². The van der Waals surface area contributed by atoms with E-state index >= 15 is 0 Å². The summed E-state index contributed by atoms with van der Waals surface area (Å²) in [5.74, 6) is -0.183. The lowest BCUT2D eigenvalue weighted by atomic mass is 10.0. The number of nitrogens with zero attached hydrogens (tertiary/aromatic N) is 1. The van der Waals surface area contributed by atoms with Gasteiger partial charge in [-0.15, -0.1) is 0 Å². The molecule has 0 saturated heterocycles. The van der Waals surface area contributed by atoms with Crippen LogP contribution in [-0.2, 0) is 18.4 Å². The Morgan fingerprint density at radius 3 is 1.18 bits per heavy atom. The van der Waals surface area contributed by atoms with Crippen LogP contribution in [-0.4, -0.2) is 73.4 Å². The first kappa shape index (κ1) is 66.7.